The Labute approximate surface area is 218 Å². The molecule has 2 nitrogen and oxygen atoms in total. The third-order valence-electron chi connectivity index (χ3n) is 6.17. The van der Waals surface area contributed by atoms with E-state index in [1.807, 2.05) is 12.1 Å². The first kappa shape index (κ1) is 23.1. The molecule has 0 spiro atoms. The van der Waals surface area contributed by atoms with Gasteiger partial charge in [0.15, 0.2) is 5.71 Å². The van der Waals surface area contributed by atoms with Gasteiger partial charge in [-0.1, -0.05) is 62.2 Å². The maximum Gasteiger partial charge on any atom is 0.199 e. The minimum atomic E-state index is 0.818. The quantitative estimate of drug-likeness (QED) is 0.336. The Balaban J connectivity index is 1.43. The molecule has 0 bridgehead atoms. The SMILES string of the molecule is Brc1ccc(C2=C/C(=C\C=C3C=CC(=[N+]4CCCCC4)C=C3)OC(c3ccc(Br)cc3)=C2)cc1. The second-order valence-electron chi connectivity index (χ2n) is 8.60. The zero-order valence-electron chi connectivity index (χ0n) is 18.9. The van der Waals surface area contributed by atoms with E-state index in [9.17, 15) is 0 Å². The van der Waals surface area contributed by atoms with Crippen LogP contribution in [0.4, 0.5) is 0 Å². The molecule has 5 rings (SSSR count). The van der Waals surface area contributed by atoms with E-state index >= 15 is 0 Å². The van der Waals surface area contributed by atoms with Crippen LogP contribution in [-0.4, -0.2) is 23.4 Å². The van der Waals surface area contributed by atoms with Crippen molar-refractivity contribution in [3.63, 3.8) is 0 Å². The molecule has 1 saturated heterocycles. The van der Waals surface area contributed by atoms with Crippen LogP contribution in [-0.2, 0) is 4.74 Å². The van der Waals surface area contributed by atoms with Crippen molar-refractivity contribution >= 4 is 48.9 Å². The molecule has 1 aliphatic carbocycles. The van der Waals surface area contributed by atoms with Gasteiger partial charge in [-0.3, -0.25) is 0 Å². The number of allylic oxidation sites excluding steroid dienone is 10. The number of benzene rings is 2. The van der Waals surface area contributed by atoms with Gasteiger partial charge in [0.25, 0.3) is 0 Å². The third kappa shape index (κ3) is 5.68. The second-order valence-corrected chi connectivity index (χ2v) is 10.4. The fourth-order valence-electron chi connectivity index (χ4n) is 4.30. The first-order valence-electron chi connectivity index (χ1n) is 11.7. The van der Waals surface area contributed by atoms with Gasteiger partial charge in [-0.2, -0.15) is 0 Å². The molecular weight excluding hydrogens is 550 g/mol. The Morgan fingerprint density at radius 3 is 1.94 bits per heavy atom. The fraction of sp³-hybridized carbons (Fsp3) is 0.167. The highest BCUT2D eigenvalue weighted by Crippen LogP contribution is 2.33. The van der Waals surface area contributed by atoms with Crippen molar-refractivity contribution in [1.82, 2.24) is 0 Å². The first-order valence-corrected chi connectivity index (χ1v) is 13.3. The average molecular weight is 576 g/mol. The number of halogens is 2. The second kappa shape index (κ2) is 10.7. The van der Waals surface area contributed by atoms with E-state index in [-0.39, 0.29) is 0 Å². The number of rotatable bonds is 3. The van der Waals surface area contributed by atoms with Gasteiger partial charge >= 0.3 is 0 Å². The van der Waals surface area contributed by atoms with Gasteiger partial charge in [-0.05, 0) is 77.8 Å². The maximum atomic E-state index is 6.31. The van der Waals surface area contributed by atoms with Crippen molar-refractivity contribution in [1.29, 1.82) is 0 Å². The standard InChI is InChI=1S/C30H26Br2NO/c31-26-11-7-23(8-12-26)25-20-29(34-30(21-25)24-9-13-27(32)14-10-24)17-6-22-4-15-28(16-5-22)33-18-2-1-3-19-33/h4-17,20-21H,1-3,18-19H2/q+1/b29-17+. The van der Waals surface area contributed by atoms with Crippen LogP contribution >= 0.6 is 31.9 Å². The van der Waals surface area contributed by atoms with Gasteiger partial charge in [0, 0.05) is 39.5 Å². The van der Waals surface area contributed by atoms with Gasteiger partial charge in [0.2, 0.25) is 0 Å². The molecule has 0 atom stereocenters. The van der Waals surface area contributed by atoms with E-state index in [0.717, 1.165) is 55.8 Å². The largest absolute Gasteiger partial charge is 0.457 e. The summed E-state index contributed by atoms with van der Waals surface area (Å²) in [5, 5.41) is 0. The highest BCUT2D eigenvalue weighted by molar-refractivity contribution is 9.10. The normalized spacial score (nSPS) is 19.1. The minimum Gasteiger partial charge on any atom is -0.457 e. The van der Waals surface area contributed by atoms with E-state index in [1.54, 1.807) is 0 Å². The summed E-state index contributed by atoms with van der Waals surface area (Å²) >= 11 is 7.06. The molecule has 3 aliphatic rings. The van der Waals surface area contributed by atoms with Crippen LogP contribution in [0.3, 0.4) is 0 Å². The predicted octanol–water partition coefficient (Wildman–Crippen LogP) is 8.24. The van der Waals surface area contributed by atoms with Crippen LogP contribution in [0.1, 0.15) is 30.4 Å². The van der Waals surface area contributed by atoms with Gasteiger partial charge in [0.05, 0.1) is 0 Å². The summed E-state index contributed by atoms with van der Waals surface area (Å²) in [6.45, 7) is 2.32. The fourth-order valence-corrected chi connectivity index (χ4v) is 4.82. The number of nitrogens with zero attached hydrogens (tertiary/aromatic N) is 1. The molecule has 0 unspecified atom stereocenters. The monoisotopic (exact) mass is 574 g/mol. The highest BCUT2D eigenvalue weighted by Gasteiger charge is 2.16. The lowest BCUT2D eigenvalue weighted by molar-refractivity contribution is -0.535. The highest BCUT2D eigenvalue weighted by atomic mass is 79.9. The average Bonchev–Trinajstić information content (AvgIpc) is 2.89. The molecule has 2 heterocycles. The van der Waals surface area contributed by atoms with E-state index in [0.29, 0.717) is 0 Å². The lowest BCUT2D eigenvalue weighted by Gasteiger charge is -2.18. The first-order chi connectivity index (χ1) is 16.6. The predicted molar refractivity (Wildman–Crippen MR) is 149 cm³/mol. The maximum absolute atomic E-state index is 6.31. The number of hydrogen-bond acceptors (Lipinski definition) is 1. The van der Waals surface area contributed by atoms with Crippen molar-refractivity contribution in [2.24, 2.45) is 0 Å². The van der Waals surface area contributed by atoms with Gasteiger partial charge in [-0.15, -0.1) is 0 Å². The van der Waals surface area contributed by atoms with Crippen molar-refractivity contribution < 1.29 is 9.31 Å². The summed E-state index contributed by atoms with van der Waals surface area (Å²) in [6, 6.07) is 16.6. The lowest BCUT2D eigenvalue weighted by atomic mass is 10.0. The molecule has 1 fully saturated rings. The number of hydrogen-bond donors (Lipinski definition) is 0. The molecule has 170 valence electrons. The summed E-state index contributed by atoms with van der Waals surface area (Å²) in [7, 11) is 0. The molecule has 2 aromatic carbocycles. The molecule has 0 saturated carbocycles. The van der Waals surface area contributed by atoms with Crippen LogP contribution in [0.2, 0.25) is 0 Å². The lowest BCUT2D eigenvalue weighted by Crippen LogP contribution is -2.25. The third-order valence-corrected chi connectivity index (χ3v) is 7.23. The zero-order chi connectivity index (χ0) is 23.3. The Morgan fingerprint density at radius 1 is 0.676 bits per heavy atom. The van der Waals surface area contributed by atoms with Gasteiger partial charge in [0.1, 0.15) is 24.6 Å². The summed E-state index contributed by atoms with van der Waals surface area (Å²) in [4.78, 5) is 0. The van der Waals surface area contributed by atoms with E-state index in [1.165, 1.54) is 25.0 Å². The Kier molecular flexibility index (Phi) is 7.27. The van der Waals surface area contributed by atoms with Crippen LogP contribution in [0, 0.1) is 0 Å². The Morgan fingerprint density at radius 2 is 1.29 bits per heavy atom. The van der Waals surface area contributed by atoms with Crippen molar-refractivity contribution in [2.45, 2.75) is 19.3 Å². The molecular formula is C30H26Br2NO+. The van der Waals surface area contributed by atoms with Crippen molar-refractivity contribution in [3.05, 3.63) is 129 Å². The molecule has 0 N–H and O–H groups in total. The molecule has 2 aliphatic heterocycles. The summed E-state index contributed by atoms with van der Waals surface area (Å²) < 4.78 is 10.9. The summed E-state index contributed by atoms with van der Waals surface area (Å²) in [5.74, 6) is 1.66. The van der Waals surface area contributed by atoms with Crippen molar-refractivity contribution in [2.75, 3.05) is 13.1 Å². The summed E-state index contributed by atoms with van der Waals surface area (Å²) in [6.07, 6.45) is 21.2. The minimum absolute atomic E-state index is 0.818. The molecule has 0 aromatic heterocycles. The molecule has 34 heavy (non-hydrogen) atoms. The van der Waals surface area contributed by atoms with Crippen molar-refractivity contribution in [3.8, 4) is 0 Å². The molecule has 0 amide bonds. The number of piperidine rings is 1. The zero-order valence-corrected chi connectivity index (χ0v) is 22.1. The van der Waals surface area contributed by atoms with Crippen LogP contribution in [0.25, 0.3) is 11.3 Å². The van der Waals surface area contributed by atoms with Gasteiger partial charge in [-0.25, -0.2) is 4.58 Å². The Bertz CT molecular complexity index is 1260. The van der Waals surface area contributed by atoms with Gasteiger partial charge < -0.3 is 4.74 Å². The molecule has 4 heteroatoms. The van der Waals surface area contributed by atoms with Crippen LogP contribution in [0.15, 0.2) is 117 Å². The van der Waals surface area contributed by atoms with E-state index < -0.39 is 0 Å². The smallest absolute Gasteiger partial charge is 0.199 e. The summed E-state index contributed by atoms with van der Waals surface area (Å²) in [5.41, 5.74) is 5.80. The van der Waals surface area contributed by atoms with E-state index in [2.05, 4.69) is 121 Å². The Hall–Kier alpha value is -2.69. The molecule has 0 radical (unpaired) electrons. The van der Waals surface area contributed by atoms with Crippen LogP contribution < -0.4 is 0 Å². The topological polar surface area (TPSA) is 12.2 Å². The van der Waals surface area contributed by atoms with Crippen LogP contribution in [0.5, 0.6) is 0 Å². The number of ether oxygens (including phenoxy) is 1. The van der Waals surface area contributed by atoms with E-state index in [4.69, 9.17) is 4.74 Å². The molecule has 2 aromatic rings.